The van der Waals surface area contributed by atoms with Gasteiger partial charge in [0.2, 0.25) is 5.82 Å². The number of rotatable bonds is 6. The first kappa shape index (κ1) is 15.7. The summed E-state index contributed by atoms with van der Waals surface area (Å²) in [5.41, 5.74) is 0.490. The number of morpholine rings is 1. The molecule has 1 unspecified atom stereocenters. The molecule has 0 bridgehead atoms. The molecule has 2 heterocycles. The molecule has 0 saturated carbocycles. The number of nitrogens with one attached hydrogen (secondary N) is 1. The molecule has 8 heteroatoms. The van der Waals surface area contributed by atoms with Crippen LogP contribution >= 0.6 is 0 Å². The van der Waals surface area contributed by atoms with Gasteiger partial charge in [-0.3, -0.25) is 15.0 Å². The average Bonchev–Trinajstić information content (AvgIpc) is 2.81. The van der Waals surface area contributed by atoms with E-state index in [0.717, 1.165) is 19.6 Å². The molecule has 0 spiro atoms. The van der Waals surface area contributed by atoms with Crippen molar-refractivity contribution in [2.24, 2.45) is 0 Å². The minimum absolute atomic E-state index is 0.0406. The number of hydrogen-bond acceptors (Lipinski definition) is 6. The molecule has 0 aromatic carbocycles. The molecular weight excluding hydrogens is 274 g/mol. The second kappa shape index (κ2) is 6.86. The Bertz CT molecular complexity index is 502. The summed E-state index contributed by atoms with van der Waals surface area (Å²) in [6.45, 7) is 10.3. The van der Waals surface area contributed by atoms with Crippen molar-refractivity contribution in [2.45, 2.75) is 33.4 Å². The maximum absolute atomic E-state index is 11.2. The molecule has 21 heavy (non-hydrogen) atoms. The van der Waals surface area contributed by atoms with Gasteiger partial charge in [-0.25, -0.2) is 4.68 Å². The van der Waals surface area contributed by atoms with Crippen molar-refractivity contribution < 1.29 is 9.66 Å². The van der Waals surface area contributed by atoms with E-state index in [-0.39, 0.29) is 16.7 Å². The van der Waals surface area contributed by atoms with Crippen molar-refractivity contribution in [1.29, 1.82) is 0 Å². The third-order valence-electron chi connectivity index (χ3n) is 3.75. The van der Waals surface area contributed by atoms with Gasteiger partial charge >= 0.3 is 5.69 Å². The number of ether oxygens (including phenoxy) is 1. The van der Waals surface area contributed by atoms with Gasteiger partial charge in [0.25, 0.3) is 0 Å². The highest BCUT2D eigenvalue weighted by Crippen LogP contribution is 2.28. The van der Waals surface area contributed by atoms with Crippen LogP contribution < -0.4 is 5.32 Å². The van der Waals surface area contributed by atoms with E-state index >= 15 is 0 Å². The fourth-order valence-corrected chi connectivity index (χ4v) is 2.60. The summed E-state index contributed by atoms with van der Waals surface area (Å²) in [5, 5.41) is 18.6. The molecule has 8 nitrogen and oxygen atoms in total. The SMILES string of the molecule is CCN1CCOC(CNc2c([N+](=O)[O-])c(C)nn2CC)C1. The summed E-state index contributed by atoms with van der Waals surface area (Å²) >= 11 is 0. The lowest BCUT2D eigenvalue weighted by molar-refractivity contribution is -0.384. The summed E-state index contributed by atoms with van der Waals surface area (Å²) in [4.78, 5) is 13.1. The quantitative estimate of drug-likeness (QED) is 0.628. The standard InChI is InChI=1S/C13H23N5O3/c1-4-16-6-7-21-11(9-16)8-14-13-12(18(19)20)10(3)15-17(13)5-2/h11,14H,4-9H2,1-3H3. The van der Waals surface area contributed by atoms with Gasteiger partial charge in [0.05, 0.1) is 17.6 Å². The van der Waals surface area contributed by atoms with Crippen LogP contribution in [0.2, 0.25) is 0 Å². The zero-order chi connectivity index (χ0) is 15.4. The smallest absolute Gasteiger partial charge is 0.333 e. The van der Waals surface area contributed by atoms with E-state index in [0.29, 0.717) is 31.2 Å². The number of nitro groups is 1. The Hall–Kier alpha value is -1.67. The van der Waals surface area contributed by atoms with Gasteiger partial charge in [0.15, 0.2) is 0 Å². The molecule has 1 fully saturated rings. The monoisotopic (exact) mass is 297 g/mol. The van der Waals surface area contributed by atoms with Gasteiger partial charge in [0, 0.05) is 26.2 Å². The van der Waals surface area contributed by atoms with Crippen molar-refractivity contribution in [3.8, 4) is 0 Å². The van der Waals surface area contributed by atoms with Gasteiger partial charge in [0.1, 0.15) is 5.69 Å². The molecule has 0 amide bonds. The van der Waals surface area contributed by atoms with Crippen LogP contribution in [-0.2, 0) is 11.3 Å². The topological polar surface area (TPSA) is 85.5 Å². The minimum Gasteiger partial charge on any atom is -0.374 e. The first-order chi connectivity index (χ1) is 10.1. The third-order valence-corrected chi connectivity index (χ3v) is 3.75. The first-order valence-corrected chi connectivity index (χ1v) is 7.36. The third kappa shape index (κ3) is 3.51. The van der Waals surface area contributed by atoms with Gasteiger partial charge < -0.3 is 10.1 Å². The maximum atomic E-state index is 11.2. The van der Waals surface area contributed by atoms with Crippen LogP contribution in [0.4, 0.5) is 11.5 Å². The molecule has 2 rings (SSSR count). The van der Waals surface area contributed by atoms with Gasteiger partial charge in [-0.2, -0.15) is 5.10 Å². The Morgan fingerprint density at radius 3 is 2.86 bits per heavy atom. The van der Waals surface area contributed by atoms with Crippen LogP contribution in [0, 0.1) is 17.0 Å². The summed E-state index contributed by atoms with van der Waals surface area (Å²) in [6, 6.07) is 0. The average molecular weight is 297 g/mol. The van der Waals surface area contributed by atoms with Crippen molar-refractivity contribution in [3.63, 3.8) is 0 Å². The molecule has 1 N–H and O–H groups in total. The Labute approximate surface area is 124 Å². The zero-order valence-electron chi connectivity index (χ0n) is 12.8. The van der Waals surface area contributed by atoms with Crippen molar-refractivity contribution in [1.82, 2.24) is 14.7 Å². The fourth-order valence-electron chi connectivity index (χ4n) is 2.60. The minimum atomic E-state index is -0.378. The maximum Gasteiger partial charge on any atom is 0.333 e. The molecule has 1 aliphatic heterocycles. The summed E-state index contributed by atoms with van der Waals surface area (Å²) < 4.78 is 7.34. The van der Waals surface area contributed by atoms with Crippen LogP contribution in [0.3, 0.4) is 0 Å². The number of likely N-dealkylation sites (N-methyl/N-ethyl adjacent to an activating group) is 1. The van der Waals surface area contributed by atoms with Crippen molar-refractivity contribution >= 4 is 11.5 Å². The van der Waals surface area contributed by atoms with E-state index in [1.54, 1.807) is 11.6 Å². The van der Waals surface area contributed by atoms with E-state index in [9.17, 15) is 10.1 Å². The number of aryl methyl sites for hydroxylation is 2. The van der Waals surface area contributed by atoms with Gasteiger partial charge in [-0.15, -0.1) is 0 Å². The molecular formula is C13H23N5O3. The molecule has 1 aromatic rings. The van der Waals surface area contributed by atoms with Gasteiger partial charge in [-0.05, 0) is 20.4 Å². The Morgan fingerprint density at radius 2 is 2.24 bits per heavy atom. The van der Waals surface area contributed by atoms with E-state index < -0.39 is 0 Å². The second-order valence-electron chi connectivity index (χ2n) is 5.12. The number of hydrogen-bond donors (Lipinski definition) is 1. The molecule has 0 aliphatic carbocycles. The second-order valence-corrected chi connectivity index (χ2v) is 5.12. The highest BCUT2D eigenvalue weighted by molar-refractivity contribution is 5.59. The van der Waals surface area contributed by atoms with Crippen LogP contribution in [0.15, 0.2) is 0 Å². The summed E-state index contributed by atoms with van der Waals surface area (Å²) in [7, 11) is 0. The normalized spacial score (nSPS) is 19.7. The van der Waals surface area contributed by atoms with Gasteiger partial charge in [-0.1, -0.05) is 6.92 Å². The lowest BCUT2D eigenvalue weighted by Gasteiger charge is -2.32. The molecule has 1 aromatic heterocycles. The molecule has 1 saturated heterocycles. The largest absolute Gasteiger partial charge is 0.374 e. The van der Waals surface area contributed by atoms with Crippen LogP contribution in [-0.4, -0.2) is 58.5 Å². The highest BCUT2D eigenvalue weighted by Gasteiger charge is 2.26. The Kier molecular flexibility index (Phi) is 5.13. The number of nitrogens with zero attached hydrogens (tertiary/aromatic N) is 4. The lowest BCUT2D eigenvalue weighted by Crippen LogP contribution is -2.45. The molecule has 0 radical (unpaired) electrons. The van der Waals surface area contributed by atoms with Crippen LogP contribution in [0.25, 0.3) is 0 Å². The van der Waals surface area contributed by atoms with E-state index in [1.165, 1.54) is 0 Å². The Morgan fingerprint density at radius 1 is 1.48 bits per heavy atom. The number of anilines is 1. The summed E-state index contributed by atoms with van der Waals surface area (Å²) in [6.07, 6.45) is 0.0406. The van der Waals surface area contributed by atoms with E-state index in [4.69, 9.17) is 4.74 Å². The fraction of sp³-hybridized carbons (Fsp3) is 0.769. The number of aromatic nitrogens is 2. The molecule has 1 aliphatic rings. The zero-order valence-corrected chi connectivity index (χ0v) is 12.8. The molecule has 118 valence electrons. The van der Waals surface area contributed by atoms with Crippen LogP contribution in [0.5, 0.6) is 0 Å². The van der Waals surface area contributed by atoms with E-state index in [1.807, 2.05) is 6.92 Å². The predicted molar refractivity (Wildman–Crippen MR) is 79.6 cm³/mol. The first-order valence-electron chi connectivity index (χ1n) is 7.36. The Balaban J connectivity index is 2.07. The predicted octanol–water partition coefficient (Wildman–Crippen LogP) is 1.25. The summed E-state index contributed by atoms with van der Waals surface area (Å²) in [5.74, 6) is 0.470. The molecule has 1 atom stereocenters. The van der Waals surface area contributed by atoms with Crippen molar-refractivity contribution in [3.05, 3.63) is 15.8 Å². The van der Waals surface area contributed by atoms with E-state index in [2.05, 4.69) is 22.2 Å². The highest BCUT2D eigenvalue weighted by atomic mass is 16.6. The lowest BCUT2D eigenvalue weighted by atomic mass is 10.2. The van der Waals surface area contributed by atoms with Crippen molar-refractivity contribution in [2.75, 3.05) is 38.1 Å². The van der Waals surface area contributed by atoms with Crippen LogP contribution in [0.1, 0.15) is 19.5 Å².